The van der Waals surface area contributed by atoms with Crippen LogP contribution in [0.3, 0.4) is 0 Å². The number of halogens is 2. The molecule has 0 amide bonds. The van der Waals surface area contributed by atoms with Gasteiger partial charge in [0.15, 0.2) is 5.58 Å². The van der Waals surface area contributed by atoms with E-state index in [2.05, 4.69) is 10.3 Å². The van der Waals surface area contributed by atoms with Crippen LogP contribution in [0.15, 0.2) is 40.8 Å². The number of rotatable bonds is 2. The van der Waals surface area contributed by atoms with Gasteiger partial charge >= 0.3 is 0 Å². The molecule has 0 saturated carbocycles. The first-order valence-corrected chi connectivity index (χ1v) is 6.19. The van der Waals surface area contributed by atoms with Crippen LogP contribution in [0.5, 0.6) is 5.75 Å². The molecule has 0 spiro atoms. The summed E-state index contributed by atoms with van der Waals surface area (Å²) >= 11 is 11.7. The number of nitrogens with zero attached hydrogens (tertiary/aromatic N) is 1. The Kier molecular flexibility index (Phi) is 2.97. The predicted molar refractivity (Wildman–Crippen MR) is 75.4 cm³/mol. The zero-order valence-electron chi connectivity index (χ0n) is 9.52. The number of phenols is 1. The standard InChI is InChI=1S/C13H8Cl2N2O2/c14-7-1-3-11(18)9(5-7)16-13-17-10-6-8(15)2-4-12(10)19-13/h1-6,18H,(H,16,17). The number of oxazole rings is 1. The van der Waals surface area contributed by atoms with Gasteiger partial charge in [-0.1, -0.05) is 23.2 Å². The summed E-state index contributed by atoms with van der Waals surface area (Å²) < 4.78 is 5.49. The predicted octanol–water partition coefficient (Wildman–Crippen LogP) is 4.58. The second kappa shape index (κ2) is 4.64. The maximum atomic E-state index is 9.70. The summed E-state index contributed by atoms with van der Waals surface area (Å²) in [5.74, 6) is 0.0599. The van der Waals surface area contributed by atoms with Crippen molar-refractivity contribution >= 4 is 46.0 Å². The van der Waals surface area contributed by atoms with Gasteiger partial charge in [-0.2, -0.15) is 4.98 Å². The molecule has 6 heteroatoms. The number of benzene rings is 2. The average Bonchev–Trinajstić information content (AvgIpc) is 2.75. The quantitative estimate of drug-likeness (QED) is 0.679. The largest absolute Gasteiger partial charge is 0.506 e. The van der Waals surface area contributed by atoms with Crippen molar-refractivity contribution in [1.29, 1.82) is 0 Å². The third kappa shape index (κ3) is 2.45. The van der Waals surface area contributed by atoms with Crippen molar-refractivity contribution in [2.45, 2.75) is 0 Å². The Bertz CT molecular complexity index is 755. The van der Waals surface area contributed by atoms with Crippen LogP contribution in [0, 0.1) is 0 Å². The second-order valence-electron chi connectivity index (χ2n) is 3.92. The number of fused-ring (bicyclic) bond motifs is 1. The van der Waals surface area contributed by atoms with Crippen molar-refractivity contribution in [3.8, 4) is 5.75 Å². The molecule has 0 aliphatic rings. The topological polar surface area (TPSA) is 58.3 Å². The molecule has 96 valence electrons. The number of aromatic nitrogens is 1. The highest BCUT2D eigenvalue weighted by atomic mass is 35.5. The van der Waals surface area contributed by atoms with Gasteiger partial charge in [-0.3, -0.25) is 0 Å². The van der Waals surface area contributed by atoms with Gasteiger partial charge in [0.05, 0.1) is 5.69 Å². The lowest BCUT2D eigenvalue weighted by Gasteiger charge is -2.04. The monoisotopic (exact) mass is 294 g/mol. The van der Waals surface area contributed by atoms with Crippen molar-refractivity contribution in [1.82, 2.24) is 4.98 Å². The second-order valence-corrected chi connectivity index (χ2v) is 4.79. The van der Waals surface area contributed by atoms with Crippen LogP contribution in [0.2, 0.25) is 10.0 Å². The highest BCUT2D eigenvalue weighted by Crippen LogP contribution is 2.30. The molecule has 19 heavy (non-hydrogen) atoms. The van der Waals surface area contributed by atoms with Crippen LogP contribution in [0.25, 0.3) is 11.1 Å². The summed E-state index contributed by atoms with van der Waals surface area (Å²) in [5, 5.41) is 13.7. The van der Waals surface area contributed by atoms with Gasteiger partial charge < -0.3 is 14.8 Å². The average molecular weight is 295 g/mol. The molecule has 0 aliphatic heterocycles. The van der Waals surface area contributed by atoms with E-state index in [1.54, 1.807) is 30.3 Å². The Morgan fingerprint density at radius 3 is 2.63 bits per heavy atom. The van der Waals surface area contributed by atoms with Gasteiger partial charge in [0, 0.05) is 10.0 Å². The molecule has 2 aromatic carbocycles. The minimum Gasteiger partial charge on any atom is -0.506 e. The third-order valence-electron chi connectivity index (χ3n) is 2.55. The summed E-state index contributed by atoms with van der Waals surface area (Å²) in [6.07, 6.45) is 0. The first kappa shape index (κ1) is 12.1. The lowest BCUT2D eigenvalue weighted by molar-refractivity contribution is 0.477. The van der Waals surface area contributed by atoms with Gasteiger partial charge in [0.25, 0.3) is 6.01 Å². The van der Waals surface area contributed by atoms with Gasteiger partial charge in [0.1, 0.15) is 11.3 Å². The van der Waals surface area contributed by atoms with Gasteiger partial charge in [-0.05, 0) is 36.4 Å². The molecule has 0 radical (unpaired) electrons. The van der Waals surface area contributed by atoms with Crippen molar-refractivity contribution < 1.29 is 9.52 Å². The highest BCUT2D eigenvalue weighted by molar-refractivity contribution is 6.31. The minimum atomic E-state index is 0.0599. The number of hydrogen-bond donors (Lipinski definition) is 2. The molecule has 1 aromatic heterocycles. The lowest BCUT2D eigenvalue weighted by Crippen LogP contribution is -1.90. The van der Waals surface area contributed by atoms with E-state index >= 15 is 0 Å². The number of hydrogen-bond acceptors (Lipinski definition) is 4. The van der Waals surface area contributed by atoms with E-state index in [0.717, 1.165) is 0 Å². The Labute approximate surface area is 118 Å². The fraction of sp³-hybridized carbons (Fsp3) is 0. The van der Waals surface area contributed by atoms with Crippen LogP contribution in [-0.2, 0) is 0 Å². The smallest absolute Gasteiger partial charge is 0.300 e. The Hall–Kier alpha value is -1.91. The first-order chi connectivity index (χ1) is 9.11. The number of aromatic hydroxyl groups is 1. The van der Waals surface area contributed by atoms with Gasteiger partial charge in [-0.15, -0.1) is 0 Å². The Morgan fingerprint density at radius 2 is 1.79 bits per heavy atom. The van der Waals surface area contributed by atoms with E-state index in [4.69, 9.17) is 27.6 Å². The Balaban J connectivity index is 1.98. The van der Waals surface area contributed by atoms with Crippen LogP contribution in [0.1, 0.15) is 0 Å². The lowest BCUT2D eigenvalue weighted by atomic mass is 10.3. The van der Waals surface area contributed by atoms with Crippen LogP contribution in [-0.4, -0.2) is 10.1 Å². The molecule has 0 bridgehead atoms. The van der Waals surface area contributed by atoms with Gasteiger partial charge in [0.2, 0.25) is 0 Å². The zero-order chi connectivity index (χ0) is 13.4. The summed E-state index contributed by atoms with van der Waals surface area (Å²) in [6.45, 7) is 0. The van der Waals surface area contributed by atoms with Gasteiger partial charge in [-0.25, -0.2) is 0 Å². The van der Waals surface area contributed by atoms with Crippen molar-refractivity contribution in [3.05, 3.63) is 46.4 Å². The molecule has 0 aliphatic carbocycles. The van der Waals surface area contributed by atoms with E-state index in [1.165, 1.54) is 6.07 Å². The molecule has 0 saturated heterocycles. The first-order valence-electron chi connectivity index (χ1n) is 5.43. The third-order valence-corrected chi connectivity index (χ3v) is 3.02. The fourth-order valence-electron chi connectivity index (χ4n) is 1.68. The molecule has 0 fully saturated rings. The van der Waals surface area contributed by atoms with Crippen molar-refractivity contribution in [2.75, 3.05) is 5.32 Å². The number of anilines is 2. The van der Waals surface area contributed by atoms with E-state index < -0.39 is 0 Å². The fourth-order valence-corrected chi connectivity index (χ4v) is 2.02. The molecule has 3 aromatic rings. The number of phenolic OH excluding ortho intramolecular Hbond substituents is 1. The van der Waals surface area contributed by atoms with Crippen molar-refractivity contribution in [2.24, 2.45) is 0 Å². The van der Waals surface area contributed by atoms with E-state index in [0.29, 0.717) is 26.8 Å². The summed E-state index contributed by atoms with van der Waals surface area (Å²) in [4.78, 5) is 4.22. The summed E-state index contributed by atoms with van der Waals surface area (Å²) in [5.41, 5.74) is 1.66. The normalized spacial score (nSPS) is 10.8. The molecular weight excluding hydrogens is 287 g/mol. The minimum absolute atomic E-state index is 0.0599. The molecule has 3 rings (SSSR count). The van der Waals surface area contributed by atoms with Crippen LogP contribution in [0.4, 0.5) is 11.7 Å². The maximum Gasteiger partial charge on any atom is 0.300 e. The highest BCUT2D eigenvalue weighted by Gasteiger charge is 2.09. The molecule has 1 heterocycles. The van der Waals surface area contributed by atoms with E-state index in [-0.39, 0.29) is 11.8 Å². The molecule has 0 unspecified atom stereocenters. The Morgan fingerprint density at radius 1 is 1.05 bits per heavy atom. The molecular formula is C13H8Cl2N2O2. The summed E-state index contributed by atoms with van der Waals surface area (Å²) in [7, 11) is 0. The SMILES string of the molecule is Oc1ccc(Cl)cc1Nc1nc2cc(Cl)ccc2o1. The van der Waals surface area contributed by atoms with E-state index in [9.17, 15) is 5.11 Å². The van der Waals surface area contributed by atoms with E-state index in [1.807, 2.05) is 0 Å². The molecule has 0 atom stereocenters. The molecule has 4 nitrogen and oxygen atoms in total. The zero-order valence-corrected chi connectivity index (χ0v) is 11.0. The van der Waals surface area contributed by atoms with Crippen LogP contribution >= 0.6 is 23.2 Å². The maximum absolute atomic E-state index is 9.70. The summed E-state index contributed by atoms with van der Waals surface area (Å²) in [6, 6.07) is 10.1. The van der Waals surface area contributed by atoms with Crippen molar-refractivity contribution in [3.63, 3.8) is 0 Å². The number of nitrogens with one attached hydrogen (secondary N) is 1. The molecule has 2 N–H and O–H groups in total. The van der Waals surface area contributed by atoms with Crippen LogP contribution < -0.4 is 5.32 Å².